The third-order valence-electron chi connectivity index (χ3n) is 7.37. The summed E-state index contributed by atoms with van der Waals surface area (Å²) < 4.78 is 21.8. The second kappa shape index (κ2) is 11.2. The molecule has 2 aromatic heterocycles. The fraction of sp³-hybridized carbons (Fsp3) is 0.333. The fourth-order valence-corrected chi connectivity index (χ4v) is 5.19. The van der Waals surface area contributed by atoms with Crippen LogP contribution in [0, 0.1) is 17.1 Å². The second-order valence-electron chi connectivity index (χ2n) is 9.93. The number of hydrogen-bond acceptors (Lipinski definition) is 6. The maximum atomic E-state index is 14.5. The summed E-state index contributed by atoms with van der Waals surface area (Å²) >= 11 is 0. The molecule has 0 saturated carbocycles. The number of carbonyl (C=O) groups is 1. The number of fused-ring (bicyclic) bond motifs is 2. The third-order valence-corrected chi connectivity index (χ3v) is 7.37. The topological polar surface area (TPSA) is 86.8 Å². The van der Waals surface area contributed by atoms with E-state index in [-0.39, 0.29) is 11.5 Å². The van der Waals surface area contributed by atoms with Crippen LogP contribution in [-0.4, -0.2) is 59.5 Å². The van der Waals surface area contributed by atoms with Gasteiger partial charge in [0.05, 0.1) is 36.6 Å². The molecule has 0 spiro atoms. The molecule has 2 aromatic carbocycles. The first-order chi connectivity index (χ1) is 18.9. The number of piperidine rings is 1. The second-order valence-corrected chi connectivity index (χ2v) is 9.93. The number of nitrogens with zero attached hydrogens (tertiary/aromatic N) is 6. The number of rotatable bonds is 3. The number of aromatic nitrogens is 3. The Bertz CT molecular complexity index is 1570. The summed E-state index contributed by atoms with van der Waals surface area (Å²) in [6.07, 6.45) is 8.68. The molecule has 4 aromatic rings. The number of carbonyl (C=O) groups excluding carboxylic acids is 1. The molecule has 0 aliphatic carbocycles. The van der Waals surface area contributed by atoms with Gasteiger partial charge in [0.2, 0.25) is 11.8 Å². The molecule has 9 heteroatoms. The van der Waals surface area contributed by atoms with Crippen LogP contribution in [0.3, 0.4) is 0 Å². The SMILES string of the molecule is CN1CCCCC1.COc1nc(-c2ccc(C#N)c(F)c2)c(-c2ccc3c(c2)CCC(=O)N3C)n2cncc12. The Kier molecular flexibility index (Phi) is 7.57. The molecule has 8 nitrogen and oxygen atoms in total. The minimum atomic E-state index is -0.618. The van der Waals surface area contributed by atoms with E-state index in [0.717, 1.165) is 16.8 Å². The Labute approximate surface area is 227 Å². The lowest BCUT2D eigenvalue weighted by atomic mass is 9.96. The van der Waals surface area contributed by atoms with Crippen LogP contribution >= 0.6 is 0 Å². The van der Waals surface area contributed by atoms with E-state index in [2.05, 4.69) is 21.9 Å². The summed E-state index contributed by atoms with van der Waals surface area (Å²) in [7, 11) is 5.48. The van der Waals surface area contributed by atoms with Gasteiger partial charge < -0.3 is 14.5 Å². The van der Waals surface area contributed by atoms with E-state index in [1.807, 2.05) is 28.7 Å². The number of anilines is 1. The number of methoxy groups -OCH3 is 1. The van der Waals surface area contributed by atoms with Gasteiger partial charge in [0, 0.05) is 30.3 Å². The molecular formula is C30H31FN6O2. The van der Waals surface area contributed by atoms with E-state index >= 15 is 0 Å². The molecule has 2 aliphatic heterocycles. The Morgan fingerprint density at radius 1 is 1.03 bits per heavy atom. The third kappa shape index (κ3) is 5.20. The summed E-state index contributed by atoms with van der Waals surface area (Å²) in [4.78, 5) is 25.1. The molecule has 0 atom stereocenters. The van der Waals surface area contributed by atoms with E-state index in [0.29, 0.717) is 41.2 Å². The van der Waals surface area contributed by atoms with Gasteiger partial charge in [-0.25, -0.2) is 14.4 Å². The summed E-state index contributed by atoms with van der Waals surface area (Å²) in [6, 6.07) is 12.1. The molecule has 0 N–H and O–H groups in total. The van der Waals surface area contributed by atoms with Crippen LogP contribution in [0.15, 0.2) is 48.9 Å². The van der Waals surface area contributed by atoms with Crippen molar-refractivity contribution in [1.82, 2.24) is 19.3 Å². The van der Waals surface area contributed by atoms with Gasteiger partial charge in [0.1, 0.15) is 17.4 Å². The van der Waals surface area contributed by atoms with Crippen LogP contribution in [0.4, 0.5) is 10.1 Å². The van der Waals surface area contributed by atoms with Crippen molar-refractivity contribution in [2.24, 2.45) is 0 Å². The maximum absolute atomic E-state index is 14.5. The highest BCUT2D eigenvalue weighted by Crippen LogP contribution is 2.38. The average molecular weight is 527 g/mol. The van der Waals surface area contributed by atoms with Crippen molar-refractivity contribution < 1.29 is 13.9 Å². The van der Waals surface area contributed by atoms with Crippen LogP contribution < -0.4 is 9.64 Å². The minimum absolute atomic E-state index is 0.0348. The summed E-state index contributed by atoms with van der Waals surface area (Å²) in [5, 5.41) is 9.09. The molecule has 1 saturated heterocycles. The molecule has 1 amide bonds. The number of aryl methyl sites for hydroxylation is 1. The molecule has 1 fully saturated rings. The lowest BCUT2D eigenvalue weighted by Crippen LogP contribution is -2.31. The number of amides is 1. The highest BCUT2D eigenvalue weighted by atomic mass is 19.1. The first-order valence-electron chi connectivity index (χ1n) is 13.1. The van der Waals surface area contributed by atoms with E-state index in [4.69, 9.17) is 10.00 Å². The number of imidazole rings is 1. The van der Waals surface area contributed by atoms with Crippen molar-refractivity contribution in [1.29, 1.82) is 5.26 Å². The van der Waals surface area contributed by atoms with Crippen LogP contribution in [0.25, 0.3) is 28.0 Å². The van der Waals surface area contributed by atoms with Gasteiger partial charge in [-0.05, 0) is 69.2 Å². The van der Waals surface area contributed by atoms with E-state index in [1.165, 1.54) is 51.6 Å². The zero-order chi connectivity index (χ0) is 27.5. The van der Waals surface area contributed by atoms with Crippen molar-refractivity contribution in [3.05, 3.63) is 65.9 Å². The Hall–Kier alpha value is -4.29. The highest BCUT2D eigenvalue weighted by Gasteiger charge is 2.24. The van der Waals surface area contributed by atoms with Gasteiger partial charge in [0.15, 0.2) is 0 Å². The van der Waals surface area contributed by atoms with Gasteiger partial charge >= 0.3 is 0 Å². The zero-order valence-electron chi connectivity index (χ0n) is 22.4. The molecule has 0 unspecified atom stereocenters. The monoisotopic (exact) mass is 526 g/mol. The van der Waals surface area contributed by atoms with Gasteiger partial charge in [0.25, 0.3) is 0 Å². The number of nitriles is 1. The Morgan fingerprint density at radius 3 is 2.46 bits per heavy atom. The first-order valence-corrected chi connectivity index (χ1v) is 13.1. The zero-order valence-corrected chi connectivity index (χ0v) is 22.4. The number of ether oxygens (including phenoxy) is 1. The largest absolute Gasteiger partial charge is 0.479 e. The van der Waals surface area contributed by atoms with Crippen LogP contribution in [0.1, 0.15) is 36.8 Å². The molecule has 39 heavy (non-hydrogen) atoms. The van der Waals surface area contributed by atoms with Gasteiger partial charge in [-0.15, -0.1) is 0 Å². The molecule has 2 aliphatic rings. The summed E-state index contributed by atoms with van der Waals surface area (Å²) in [5.41, 5.74) is 5.13. The molecule has 0 radical (unpaired) electrons. The van der Waals surface area contributed by atoms with Gasteiger partial charge in [-0.2, -0.15) is 5.26 Å². The van der Waals surface area contributed by atoms with Crippen LogP contribution in [-0.2, 0) is 11.2 Å². The number of benzene rings is 2. The standard InChI is InChI=1S/C24H18FN5O2.C6H13N/c1-29-19-7-5-16(9-14(19)6-8-21(29)31)23-22(15-3-4-17(11-26)18(25)10-15)28-24(32-2)20-12-27-13-30(20)23;1-7-5-3-2-4-6-7/h3-5,7,9-10,12-13H,6,8H2,1-2H3;2-6H2,1H3. The minimum Gasteiger partial charge on any atom is -0.479 e. The molecular weight excluding hydrogens is 495 g/mol. The summed E-state index contributed by atoms with van der Waals surface area (Å²) in [6.45, 7) is 2.64. The number of likely N-dealkylation sites (tertiary alicyclic amines) is 1. The van der Waals surface area contributed by atoms with Gasteiger partial charge in [-0.3, -0.25) is 9.20 Å². The lowest BCUT2D eigenvalue weighted by molar-refractivity contribution is -0.118. The molecule has 200 valence electrons. The Morgan fingerprint density at radius 2 is 1.79 bits per heavy atom. The maximum Gasteiger partial charge on any atom is 0.240 e. The van der Waals surface area contributed by atoms with Crippen molar-refractivity contribution in [2.45, 2.75) is 32.1 Å². The highest BCUT2D eigenvalue weighted by molar-refractivity contribution is 5.96. The lowest BCUT2D eigenvalue weighted by Gasteiger charge is -2.26. The van der Waals surface area contributed by atoms with Crippen LogP contribution in [0.2, 0.25) is 0 Å². The van der Waals surface area contributed by atoms with Crippen LogP contribution in [0.5, 0.6) is 5.88 Å². The number of halogens is 1. The molecule has 0 bridgehead atoms. The number of hydrogen-bond donors (Lipinski definition) is 0. The van der Waals surface area contributed by atoms with Gasteiger partial charge in [-0.1, -0.05) is 18.6 Å². The quantitative estimate of drug-likeness (QED) is 0.370. The van der Waals surface area contributed by atoms with Crippen molar-refractivity contribution in [3.8, 4) is 34.5 Å². The van der Waals surface area contributed by atoms with Crippen molar-refractivity contribution in [2.75, 3.05) is 39.2 Å². The predicted octanol–water partition coefficient (Wildman–Crippen LogP) is 5.09. The first kappa shape index (κ1) is 26.3. The predicted molar refractivity (Wildman–Crippen MR) is 148 cm³/mol. The van der Waals surface area contributed by atoms with E-state index < -0.39 is 5.82 Å². The van der Waals surface area contributed by atoms with Crippen molar-refractivity contribution in [3.63, 3.8) is 0 Å². The fourth-order valence-electron chi connectivity index (χ4n) is 5.19. The van der Waals surface area contributed by atoms with E-state index in [1.54, 1.807) is 30.5 Å². The average Bonchev–Trinajstić information content (AvgIpc) is 3.45. The Balaban J connectivity index is 0.000000384. The molecule has 4 heterocycles. The smallest absolute Gasteiger partial charge is 0.240 e. The normalized spacial score (nSPS) is 15.4. The van der Waals surface area contributed by atoms with E-state index in [9.17, 15) is 9.18 Å². The van der Waals surface area contributed by atoms with Crippen molar-refractivity contribution >= 4 is 17.1 Å². The summed E-state index contributed by atoms with van der Waals surface area (Å²) in [5.74, 6) is -0.176. The molecule has 6 rings (SSSR count).